The molecule has 0 saturated heterocycles. The molecule has 0 bridgehead atoms. The maximum absolute atomic E-state index is 12.0. The van der Waals surface area contributed by atoms with Crippen molar-refractivity contribution in [3.05, 3.63) is 52.2 Å². The molecule has 0 unspecified atom stereocenters. The van der Waals surface area contributed by atoms with Crippen molar-refractivity contribution < 1.29 is 19.1 Å². The molecule has 3 N–H and O–H groups in total. The van der Waals surface area contributed by atoms with Crippen molar-refractivity contribution in [3.63, 3.8) is 0 Å². The fourth-order valence-electron chi connectivity index (χ4n) is 2.21. The van der Waals surface area contributed by atoms with Crippen molar-refractivity contribution in [2.45, 2.75) is 39.3 Å². The molecule has 8 heteroatoms. The number of hydrogen-bond donors (Lipinski definition) is 3. The molecule has 0 saturated carbocycles. The average Bonchev–Trinajstić information content (AvgIpc) is 3.10. The van der Waals surface area contributed by atoms with Gasteiger partial charge in [0.1, 0.15) is 12.1 Å². The van der Waals surface area contributed by atoms with Crippen LogP contribution in [-0.2, 0) is 27.3 Å². The average molecular weight is 404 g/mol. The van der Waals surface area contributed by atoms with Gasteiger partial charge in [-0.1, -0.05) is 18.2 Å². The summed E-state index contributed by atoms with van der Waals surface area (Å²) >= 11 is 1.55. The molecule has 0 spiro atoms. The number of amides is 3. The predicted molar refractivity (Wildman–Crippen MR) is 109 cm³/mol. The molecular weight excluding hydrogens is 378 g/mol. The first-order valence-corrected chi connectivity index (χ1v) is 9.74. The zero-order valence-corrected chi connectivity index (χ0v) is 17.0. The third kappa shape index (κ3) is 8.22. The van der Waals surface area contributed by atoms with Gasteiger partial charge in [-0.25, -0.2) is 4.79 Å². The summed E-state index contributed by atoms with van der Waals surface area (Å²) in [5.41, 5.74) is 0.965. The Kier molecular flexibility index (Phi) is 7.57. The van der Waals surface area contributed by atoms with Crippen LogP contribution in [0.1, 0.15) is 31.2 Å². The maximum atomic E-state index is 12.0. The molecule has 0 radical (unpaired) electrons. The number of carbonyl (C=O) groups is 3. The summed E-state index contributed by atoms with van der Waals surface area (Å²) in [6.07, 6.45) is -0.287. The summed E-state index contributed by atoms with van der Waals surface area (Å²) < 4.78 is 5.06. The van der Waals surface area contributed by atoms with E-state index in [1.54, 1.807) is 44.2 Å². The summed E-state index contributed by atoms with van der Waals surface area (Å²) in [5.74, 6) is -0.393. The number of ether oxygens (including phenoxy) is 1. The van der Waals surface area contributed by atoms with E-state index in [2.05, 4.69) is 16.0 Å². The number of nitrogens with one attached hydrogen (secondary N) is 3. The highest BCUT2D eigenvalue weighted by atomic mass is 32.1. The van der Waals surface area contributed by atoms with Gasteiger partial charge in [-0.2, -0.15) is 0 Å². The smallest absolute Gasteiger partial charge is 0.408 e. The first-order valence-electron chi connectivity index (χ1n) is 8.86. The SMILES string of the molecule is CC(C)(C)OC(=O)NCC(=O)NCc1ccc(NC(=O)Cc2cccs2)cc1. The van der Waals surface area contributed by atoms with E-state index in [4.69, 9.17) is 4.74 Å². The number of alkyl carbamates (subject to hydrolysis) is 1. The summed E-state index contributed by atoms with van der Waals surface area (Å²) in [7, 11) is 0. The minimum atomic E-state index is -0.634. The molecule has 2 rings (SSSR count). The van der Waals surface area contributed by atoms with Crippen LogP contribution in [0, 0.1) is 0 Å². The van der Waals surface area contributed by atoms with Gasteiger partial charge in [0.25, 0.3) is 0 Å². The first-order chi connectivity index (χ1) is 13.2. The van der Waals surface area contributed by atoms with E-state index in [9.17, 15) is 14.4 Å². The number of carbonyl (C=O) groups excluding carboxylic acids is 3. The zero-order valence-electron chi connectivity index (χ0n) is 16.2. The van der Waals surface area contributed by atoms with Gasteiger partial charge >= 0.3 is 6.09 Å². The van der Waals surface area contributed by atoms with Crippen LogP contribution < -0.4 is 16.0 Å². The number of anilines is 1. The Morgan fingerprint density at radius 3 is 2.32 bits per heavy atom. The number of benzene rings is 1. The quantitative estimate of drug-likeness (QED) is 0.662. The molecule has 0 fully saturated rings. The Morgan fingerprint density at radius 1 is 1.00 bits per heavy atom. The van der Waals surface area contributed by atoms with Gasteiger partial charge in [-0.05, 0) is 49.9 Å². The van der Waals surface area contributed by atoms with Crippen molar-refractivity contribution in [2.75, 3.05) is 11.9 Å². The normalized spacial score (nSPS) is 10.8. The van der Waals surface area contributed by atoms with Crippen LogP contribution in [0.3, 0.4) is 0 Å². The summed E-state index contributed by atoms with van der Waals surface area (Å²) in [6, 6.07) is 11.1. The van der Waals surface area contributed by atoms with Crippen molar-refractivity contribution in [3.8, 4) is 0 Å². The Bertz CT molecular complexity index is 796. The Morgan fingerprint density at radius 2 is 1.71 bits per heavy atom. The van der Waals surface area contributed by atoms with Gasteiger partial charge in [0.05, 0.1) is 6.42 Å². The van der Waals surface area contributed by atoms with E-state index in [0.717, 1.165) is 10.4 Å². The number of thiophene rings is 1. The van der Waals surface area contributed by atoms with Crippen molar-refractivity contribution in [2.24, 2.45) is 0 Å². The maximum Gasteiger partial charge on any atom is 0.408 e. The lowest BCUT2D eigenvalue weighted by molar-refractivity contribution is -0.120. The topological polar surface area (TPSA) is 96.5 Å². The summed E-state index contributed by atoms with van der Waals surface area (Å²) in [5, 5.41) is 9.90. The molecule has 3 amide bonds. The Labute approximate surface area is 168 Å². The van der Waals surface area contributed by atoms with Gasteiger partial charge in [-0.15, -0.1) is 11.3 Å². The van der Waals surface area contributed by atoms with Crippen LogP contribution in [0.5, 0.6) is 0 Å². The standard InChI is InChI=1S/C20H25N3O4S/c1-20(2,3)27-19(26)22-13-18(25)21-12-14-6-8-15(9-7-14)23-17(24)11-16-5-4-10-28-16/h4-10H,11-13H2,1-3H3,(H,21,25)(H,22,26)(H,23,24). The molecule has 1 heterocycles. The fraction of sp³-hybridized carbons (Fsp3) is 0.350. The molecule has 0 aliphatic rings. The third-order valence-corrected chi connectivity index (χ3v) is 4.31. The Balaban J connectivity index is 1.71. The van der Waals surface area contributed by atoms with Crippen LogP contribution in [0.25, 0.3) is 0 Å². The summed E-state index contributed by atoms with van der Waals surface area (Å²) in [6.45, 7) is 5.41. The van der Waals surface area contributed by atoms with Gasteiger partial charge in [-0.3, -0.25) is 9.59 Å². The van der Waals surface area contributed by atoms with Crippen LogP contribution >= 0.6 is 11.3 Å². The monoisotopic (exact) mass is 403 g/mol. The highest BCUT2D eigenvalue weighted by Gasteiger charge is 2.16. The van der Waals surface area contributed by atoms with Gasteiger partial charge in [0.2, 0.25) is 11.8 Å². The molecule has 150 valence electrons. The largest absolute Gasteiger partial charge is 0.444 e. The molecule has 1 aromatic heterocycles. The second kappa shape index (κ2) is 9.89. The molecular formula is C20H25N3O4S. The molecule has 1 aromatic carbocycles. The lowest BCUT2D eigenvalue weighted by Crippen LogP contribution is -2.39. The van der Waals surface area contributed by atoms with Crippen LogP contribution in [0.2, 0.25) is 0 Å². The molecule has 0 atom stereocenters. The van der Waals surface area contributed by atoms with E-state index in [1.165, 1.54) is 0 Å². The van der Waals surface area contributed by atoms with E-state index >= 15 is 0 Å². The van der Waals surface area contributed by atoms with Crippen LogP contribution in [-0.4, -0.2) is 30.1 Å². The molecule has 2 aromatic rings. The molecule has 0 aliphatic carbocycles. The van der Waals surface area contributed by atoms with Crippen LogP contribution in [0.15, 0.2) is 41.8 Å². The van der Waals surface area contributed by atoms with E-state index in [0.29, 0.717) is 18.7 Å². The zero-order chi connectivity index (χ0) is 20.6. The lowest BCUT2D eigenvalue weighted by atomic mass is 10.2. The molecule has 0 aliphatic heterocycles. The number of rotatable bonds is 7. The second-order valence-corrected chi connectivity index (χ2v) is 8.17. The highest BCUT2D eigenvalue weighted by Crippen LogP contribution is 2.13. The van der Waals surface area contributed by atoms with Crippen molar-refractivity contribution in [1.82, 2.24) is 10.6 Å². The van der Waals surface area contributed by atoms with E-state index in [-0.39, 0.29) is 18.4 Å². The van der Waals surface area contributed by atoms with Gasteiger partial charge in [0, 0.05) is 17.1 Å². The molecule has 7 nitrogen and oxygen atoms in total. The van der Waals surface area contributed by atoms with E-state index < -0.39 is 11.7 Å². The number of hydrogen-bond acceptors (Lipinski definition) is 5. The first kappa shape index (κ1) is 21.4. The minimum absolute atomic E-state index is 0.0725. The van der Waals surface area contributed by atoms with E-state index in [1.807, 2.05) is 29.6 Å². The van der Waals surface area contributed by atoms with Crippen molar-refractivity contribution >= 4 is 34.9 Å². The van der Waals surface area contributed by atoms with Gasteiger partial charge < -0.3 is 20.7 Å². The highest BCUT2D eigenvalue weighted by molar-refractivity contribution is 7.10. The third-order valence-electron chi connectivity index (χ3n) is 3.43. The minimum Gasteiger partial charge on any atom is -0.444 e. The summed E-state index contributed by atoms with van der Waals surface area (Å²) in [4.78, 5) is 36.3. The molecule has 28 heavy (non-hydrogen) atoms. The Hall–Kier alpha value is -2.87. The van der Waals surface area contributed by atoms with Crippen LogP contribution in [0.4, 0.5) is 10.5 Å². The second-order valence-electron chi connectivity index (χ2n) is 7.13. The predicted octanol–water partition coefficient (Wildman–Crippen LogP) is 3.07. The van der Waals surface area contributed by atoms with Crippen molar-refractivity contribution in [1.29, 1.82) is 0 Å². The lowest BCUT2D eigenvalue weighted by Gasteiger charge is -2.19. The van der Waals surface area contributed by atoms with Gasteiger partial charge in [0.15, 0.2) is 0 Å². The fourth-order valence-corrected chi connectivity index (χ4v) is 2.92.